The smallest absolute Gasteiger partial charge is 0.103 e. The van der Waals surface area contributed by atoms with Crippen molar-refractivity contribution in [2.45, 2.75) is 6.54 Å². The average Bonchev–Trinajstić information content (AvgIpc) is 2.50. The summed E-state index contributed by atoms with van der Waals surface area (Å²) in [5, 5.41) is 0. The normalized spacial score (nSPS) is 16.5. The first kappa shape index (κ1) is 12.2. The predicted octanol–water partition coefficient (Wildman–Crippen LogP) is 1.59. The number of hydrogen-bond donors (Lipinski definition) is 1. The number of para-hydroxylation sites is 1. The van der Waals surface area contributed by atoms with Gasteiger partial charge in [0.2, 0.25) is 0 Å². The zero-order chi connectivity index (χ0) is 12.9. The first-order valence-corrected chi connectivity index (χ1v) is 7.09. The lowest BCUT2D eigenvalue weighted by Crippen LogP contribution is -3.13. The fourth-order valence-corrected chi connectivity index (χ4v) is 2.78. The minimum Gasteiger partial charge on any atom is -0.360 e. The van der Waals surface area contributed by atoms with Crippen molar-refractivity contribution in [3.05, 3.63) is 66.2 Å². The second-order valence-electron chi connectivity index (χ2n) is 5.23. The molecule has 0 saturated carbocycles. The van der Waals surface area contributed by atoms with Gasteiger partial charge in [-0.05, 0) is 12.1 Å². The predicted molar refractivity (Wildman–Crippen MR) is 79.5 cm³/mol. The molecule has 1 aliphatic heterocycles. The maximum atomic E-state index is 2.49. The Bertz CT molecular complexity index is 487. The molecule has 1 saturated heterocycles. The van der Waals surface area contributed by atoms with Gasteiger partial charge in [-0.1, -0.05) is 48.5 Å². The molecule has 19 heavy (non-hydrogen) atoms. The third kappa shape index (κ3) is 3.15. The minimum atomic E-state index is 1.16. The highest BCUT2D eigenvalue weighted by molar-refractivity contribution is 5.46. The molecule has 2 aromatic rings. The summed E-state index contributed by atoms with van der Waals surface area (Å²) < 4.78 is 0. The monoisotopic (exact) mass is 253 g/mol. The Hall–Kier alpha value is -1.80. The van der Waals surface area contributed by atoms with Gasteiger partial charge in [0.05, 0.1) is 26.2 Å². The minimum absolute atomic E-state index is 1.16. The van der Waals surface area contributed by atoms with E-state index < -0.39 is 0 Å². The van der Waals surface area contributed by atoms with E-state index in [-0.39, 0.29) is 0 Å². The van der Waals surface area contributed by atoms with Gasteiger partial charge in [0.15, 0.2) is 0 Å². The van der Waals surface area contributed by atoms with Gasteiger partial charge < -0.3 is 9.80 Å². The molecule has 0 aliphatic carbocycles. The summed E-state index contributed by atoms with van der Waals surface area (Å²) in [5.41, 5.74) is 2.81. The average molecular weight is 253 g/mol. The van der Waals surface area contributed by atoms with Crippen molar-refractivity contribution in [1.29, 1.82) is 0 Å². The maximum Gasteiger partial charge on any atom is 0.103 e. The van der Waals surface area contributed by atoms with Crippen LogP contribution in [0.5, 0.6) is 0 Å². The van der Waals surface area contributed by atoms with Crippen LogP contribution in [0.15, 0.2) is 60.7 Å². The van der Waals surface area contributed by atoms with Crippen molar-refractivity contribution >= 4 is 5.69 Å². The summed E-state index contributed by atoms with van der Waals surface area (Å²) >= 11 is 0. The largest absolute Gasteiger partial charge is 0.360 e. The van der Waals surface area contributed by atoms with E-state index in [2.05, 4.69) is 65.6 Å². The number of rotatable bonds is 3. The molecule has 2 nitrogen and oxygen atoms in total. The van der Waals surface area contributed by atoms with E-state index in [1.807, 2.05) is 0 Å². The third-order valence-corrected chi connectivity index (χ3v) is 3.89. The SMILES string of the molecule is c1ccc(C[NH+]2CCN(c3ccccc3)CC2)cc1. The standard InChI is InChI=1S/C17H20N2/c1-3-7-16(8-4-1)15-18-11-13-19(14-12-18)17-9-5-2-6-10-17/h1-10H,11-15H2/p+1. The van der Waals surface area contributed by atoms with Gasteiger partial charge in [-0.3, -0.25) is 0 Å². The Kier molecular flexibility index (Phi) is 3.80. The number of benzene rings is 2. The first-order chi connectivity index (χ1) is 9.42. The lowest BCUT2D eigenvalue weighted by atomic mass is 10.2. The van der Waals surface area contributed by atoms with E-state index in [1.165, 1.54) is 24.3 Å². The van der Waals surface area contributed by atoms with Crippen molar-refractivity contribution < 1.29 is 4.90 Å². The number of anilines is 1. The molecule has 1 fully saturated rings. The second-order valence-corrected chi connectivity index (χ2v) is 5.23. The van der Waals surface area contributed by atoms with Crippen LogP contribution in [0.25, 0.3) is 0 Å². The fraction of sp³-hybridized carbons (Fsp3) is 0.294. The van der Waals surface area contributed by atoms with Crippen LogP contribution in [0.4, 0.5) is 5.69 Å². The van der Waals surface area contributed by atoms with Gasteiger partial charge in [-0.15, -0.1) is 0 Å². The van der Waals surface area contributed by atoms with Crippen LogP contribution in [0.1, 0.15) is 5.56 Å². The number of quaternary nitrogens is 1. The summed E-state index contributed by atoms with van der Waals surface area (Å²) in [4.78, 5) is 4.19. The molecule has 1 heterocycles. The highest BCUT2D eigenvalue weighted by atomic mass is 15.3. The molecule has 2 heteroatoms. The summed E-state index contributed by atoms with van der Waals surface area (Å²) in [5.74, 6) is 0. The Balaban J connectivity index is 1.55. The molecule has 98 valence electrons. The number of nitrogens with zero attached hydrogens (tertiary/aromatic N) is 1. The second kappa shape index (κ2) is 5.89. The summed E-state index contributed by atoms with van der Waals surface area (Å²) in [6.07, 6.45) is 0. The van der Waals surface area contributed by atoms with E-state index in [4.69, 9.17) is 0 Å². The van der Waals surface area contributed by atoms with Crippen LogP contribution in [0, 0.1) is 0 Å². The topological polar surface area (TPSA) is 7.68 Å². The van der Waals surface area contributed by atoms with Gasteiger partial charge in [-0.25, -0.2) is 0 Å². The van der Waals surface area contributed by atoms with Crippen molar-refractivity contribution in [2.75, 3.05) is 31.1 Å². The molecule has 0 bridgehead atoms. The summed E-state index contributed by atoms with van der Waals surface area (Å²) in [7, 11) is 0. The molecule has 1 N–H and O–H groups in total. The molecular weight excluding hydrogens is 232 g/mol. The van der Waals surface area contributed by atoms with E-state index in [0.29, 0.717) is 0 Å². The highest BCUT2D eigenvalue weighted by Crippen LogP contribution is 2.12. The van der Waals surface area contributed by atoms with E-state index >= 15 is 0 Å². The zero-order valence-corrected chi connectivity index (χ0v) is 11.3. The Morgan fingerprint density at radius 2 is 1.37 bits per heavy atom. The fourth-order valence-electron chi connectivity index (χ4n) is 2.78. The van der Waals surface area contributed by atoms with Crippen LogP contribution in [-0.4, -0.2) is 26.2 Å². The lowest BCUT2D eigenvalue weighted by molar-refractivity contribution is -0.914. The van der Waals surface area contributed by atoms with E-state index in [1.54, 1.807) is 4.90 Å². The van der Waals surface area contributed by atoms with Crippen molar-refractivity contribution in [2.24, 2.45) is 0 Å². The van der Waals surface area contributed by atoms with Gasteiger partial charge in [0.25, 0.3) is 0 Å². The maximum absolute atomic E-state index is 2.49. The Morgan fingerprint density at radius 1 is 0.789 bits per heavy atom. The molecule has 0 radical (unpaired) electrons. The lowest BCUT2D eigenvalue weighted by Gasteiger charge is -2.33. The zero-order valence-electron chi connectivity index (χ0n) is 11.3. The Labute approximate surface area is 115 Å². The molecular formula is C17H21N2+. The molecule has 0 unspecified atom stereocenters. The van der Waals surface area contributed by atoms with Gasteiger partial charge in [0, 0.05) is 11.3 Å². The van der Waals surface area contributed by atoms with Crippen LogP contribution in [0.3, 0.4) is 0 Å². The van der Waals surface area contributed by atoms with Crippen LogP contribution < -0.4 is 9.80 Å². The van der Waals surface area contributed by atoms with E-state index in [9.17, 15) is 0 Å². The quantitative estimate of drug-likeness (QED) is 0.873. The number of piperazine rings is 1. The van der Waals surface area contributed by atoms with Gasteiger partial charge >= 0.3 is 0 Å². The third-order valence-electron chi connectivity index (χ3n) is 3.89. The molecule has 0 spiro atoms. The Morgan fingerprint density at radius 3 is 2.00 bits per heavy atom. The molecule has 0 amide bonds. The summed E-state index contributed by atoms with van der Waals surface area (Å²) in [6, 6.07) is 21.6. The van der Waals surface area contributed by atoms with Gasteiger partial charge in [0.1, 0.15) is 6.54 Å². The molecule has 2 aromatic carbocycles. The van der Waals surface area contributed by atoms with Crippen molar-refractivity contribution in [3.63, 3.8) is 0 Å². The molecule has 0 atom stereocenters. The number of hydrogen-bond acceptors (Lipinski definition) is 1. The first-order valence-electron chi connectivity index (χ1n) is 7.09. The summed E-state index contributed by atoms with van der Waals surface area (Å²) in [6.45, 7) is 5.93. The molecule has 0 aromatic heterocycles. The highest BCUT2D eigenvalue weighted by Gasteiger charge is 2.19. The van der Waals surface area contributed by atoms with Crippen molar-refractivity contribution in [1.82, 2.24) is 0 Å². The van der Waals surface area contributed by atoms with Crippen LogP contribution in [-0.2, 0) is 6.54 Å². The molecule has 1 aliphatic rings. The van der Waals surface area contributed by atoms with Crippen LogP contribution in [0.2, 0.25) is 0 Å². The van der Waals surface area contributed by atoms with Crippen LogP contribution >= 0.6 is 0 Å². The van der Waals surface area contributed by atoms with E-state index in [0.717, 1.165) is 19.6 Å². The molecule has 3 rings (SSSR count). The van der Waals surface area contributed by atoms with Gasteiger partial charge in [-0.2, -0.15) is 0 Å². The number of nitrogens with one attached hydrogen (secondary N) is 1. The van der Waals surface area contributed by atoms with Crippen molar-refractivity contribution in [3.8, 4) is 0 Å².